The normalized spacial score (nSPS) is 11.8. The number of hydrogen-bond acceptors (Lipinski definition) is 2. The van der Waals surface area contributed by atoms with Crippen LogP contribution in [-0.4, -0.2) is 15.9 Å². The van der Waals surface area contributed by atoms with Crippen molar-refractivity contribution < 1.29 is 17.9 Å². The highest BCUT2D eigenvalue weighted by atomic mass is 35.5. The zero-order chi connectivity index (χ0) is 15.7. The Hall–Kier alpha value is -2.21. The van der Waals surface area contributed by atoms with Crippen LogP contribution in [0.2, 0.25) is 5.28 Å². The molecule has 0 aliphatic rings. The van der Waals surface area contributed by atoms with E-state index in [0.29, 0.717) is 12.1 Å². The molecular formula is C15H10ClF3N2O. The van der Waals surface area contributed by atoms with Crippen molar-refractivity contribution in [1.29, 1.82) is 0 Å². The second-order valence-electron chi connectivity index (χ2n) is 4.65. The Kier molecular flexibility index (Phi) is 3.70. The Morgan fingerprint density at radius 3 is 2.64 bits per heavy atom. The lowest BCUT2D eigenvalue weighted by Gasteiger charge is -2.11. The van der Waals surface area contributed by atoms with Crippen LogP contribution in [0.5, 0.6) is 5.75 Å². The molecule has 1 aromatic heterocycles. The second-order valence-corrected chi connectivity index (χ2v) is 4.99. The van der Waals surface area contributed by atoms with Gasteiger partial charge in [0, 0.05) is 0 Å². The lowest BCUT2D eigenvalue weighted by Crippen LogP contribution is -2.17. The van der Waals surface area contributed by atoms with Crippen LogP contribution in [0.25, 0.3) is 11.0 Å². The first-order valence-corrected chi connectivity index (χ1v) is 6.76. The van der Waals surface area contributed by atoms with Crippen molar-refractivity contribution in [2.45, 2.75) is 12.9 Å². The number of hydrogen-bond donors (Lipinski definition) is 0. The SMILES string of the molecule is FC(F)(F)Oc1cccc(Cn2c(Cl)nc3ccccc32)c1. The molecule has 0 atom stereocenters. The number of alkyl halides is 3. The average molecular weight is 327 g/mol. The number of halogens is 4. The van der Waals surface area contributed by atoms with Crippen LogP contribution in [0.15, 0.2) is 48.5 Å². The predicted octanol–water partition coefficient (Wildman–Crippen LogP) is 4.64. The summed E-state index contributed by atoms with van der Waals surface area (Å²) in [7, 11) is 0. The van der Waals surface area contributed by atoms with Gasteiger partial charge in [0.1, 0.15) is 5.75 Å². The summed E-state index contributed by atoms with van der Waals surface area (Å²) in [4.78, 5) is 4.21. The van der Waals surface area contributed by atoms with E-state index < -0.39 is 6.36 Å². The van der Waals surface area contributed by atoms with Crippen LogP contribution in [0, 0.1) is 0 Å². The number of imidazole rings is 1. The molecule has 0 bridgehead atoms. The van der Waals surface area contributed by atoms with E-state index >= 15 is 0 Å². The molecule has 7 heteroatoms. The molecule has 0 aliphatic carbocycles. The molecule has 0 fully saturated rings. The first-order chi connectivity index (χ1) is 10.4. The van der Waals surface area contributed by atoms with Gasteiger partial charge in [-0.1, -0.05) is 24.3 Å². The van der Waals surface area contributed by atoms with E-state index in [9.17, 15) is 13.2 Å². The van der Waals surface area contributed by atoms with Crippen LogP contribution in [-0.2, 0) is 6.54 Å². The number of rotatable bonds is 3. The van der Waals surface area contributed by atoms with E-state index in [1.54, 1.807) is 10.6 Å². The van der Waals surface area contributed by atoms with Gasteiger partial charge >= 0.3 is 6.36 Å². The summed E-state index contributed by atoms with van der Waals surface area (Å²) in [6.45, 7) is 0.300. The highest BCUT2D eigenvalue weighted by molar-refractivity contribution is 6.29. The average Bonchev–Trinajstić information content (AvgIpc) is 2.74. The third kappa shape index (κ3) is 3.17. The van der Waals surface area contributed by atoms with Gasteiger partial charge in [0.05, 0.1) is 17.6 Å². The van der Waals surface area contributed by atoms with Crippen LogP contribution >= 0.6 is 11.6 Å². The third-order valence-corrected chi connectivity index (χ3v) is 3.37. The zero-order valence-electron chi connectivity index (χ0n) is 11.1. The van der Waals surface area contributed by atoms with Crippen LogP contribution < -0.4 is 4.74 Å². The molecule has 0 unspecified atom stereocenters. The summed E-state index contributed by atoms with van der Waals surface area (Å²) in [5.41, 5.74) is 2.18. The summed E-state index contributed by atoms with van der Waals surface area (Å²) >= 11 is 6.10. The zero-order valence-corrected chi connectivity index (χ0v) is 11.9. The van der Waals surface area contributed by atoms with E-state index in [1.807, 2.05) is 24.3 Å². The van der Waals surface area contributed by atoms with Crippen molar-refractivity contribution >= 4 is 22.6 Å². The number of benzene rings is 2. The molecule has 22 heavy (non-hydrogen) atoms. The Bertz CT molecular complexity index is 814. The van der Waals surface area contributed by atoms with Gasteiger partial charge in [-0.25, -0.2) is 4.98 Å². The van der Waals surface area contributed by atoms with Gasteiger partial charge in [0.2, 0.25) is 5.28 Å². The summed E-state index contributed by atoms with van der Waals surface area (Å²) in [6, 6.07) is 13.2. The van der Waals surface area contributed by atoms with Gasteiger partial charge in [0.25, 0.3) is 0 Å². The number of ether oxygens (including phenoxy) is 1. The van der Waals surface area contributed by atoms with Crippen molar-refractivity contribution in [3.8, 4) is 5.75 Å². The first-order valence-electron chi connectivity index (χ1n) is 6.38. The smallest absolute Gasteiger partial charge is 0.406 e. The molecule has 0 radical (unpaired) electrons. The maximum atomic E-state index is 12.3. The molecular weight excluding hydrogens is 317 g/mol. The van der Waals surface area contributed by atoms with E-state index in [4.69, 9.17) is 11.6 Å². The van der Waals surface area contributed by atoms with Crippen LogP contribution in [0.1, 0.15) is 5.56 Å². The third-order valence-electron chi connectivity index (χ3n) is 3.08. The van der Waals surface area contributed by atoms with Crippen molar-refractivity contribution in [3.05, 3.63) is 59.4 Å². The number of nitrogens with zero attached hydrogens (tertiary/aromatic N) is 2. The van der Waals surface area contributed by atoms with Gasteiger partial charge in [0.15, 0.2) is 0 Å². The molecule has 3 nitrogen and oxygen atoms in total. The maximum absolute atomic E-state index is 12.3. The molecule has 0 saturated carbocycles. The van der Waals surface area contributed by atoms with Gasteiger partial charge in [-0.3, -0.25) is 0 Å². The fourth-order valence-corrected chi connectivity index (χ4v) is 2.46. The molecule has 0 N–H and O–H groups in total. The van der Waals surface area contributed by atoms with Gasteiger partial charge in [-0.15, -0.1) is 13.2 Å². The molecule has 0 saturated heterocycles. The fourth-order valence-electron chi connectivity index (χ4n) is 2.22. The van der Waals surface area contributed by atoms with E-state index in [0.717, 1.165) is 11.0 Å². The molecule has 3 rings (SSSR count). The highest BCUT2D eigenvalue weighted by Gasteiger charge is 2.31. The largest absolute Gasteiger partial charge is 0.573 e. The summed E-state index contributed by atoms with van der Waals surface area (Å²) < 4.78 is 42.4. The highest BCUT2D eigenvalue weighted by Crippen LogP contribution is 2.25. The monoisotopic (exact) mass is 326 g/mol. The number of para-hydroxylation sites is 2. The minimum atomic E-state index is -4.71. The molecule has 3 aromatic rings. The van der Waals surface area contributed by atoms with E-state index in [1.165, 1.54) is 18.2 Å². The lowest BCUT2D eigenvalue weighted by atomic mass is 10.2. The Balaban J connectivity index is 1.92. The molecule has 2 aromatic carbocycles. The maximum Gasteiger partial charge on any atom is 0.573 e. The minimum Gasteiger partial charge on any atom is -0.406 e. The molecule has 0 aliphatic heterocycles. The molecule has 114 valence electrons. The minimum absolute atomic E-state index is 0.259. The summed E-state index contributed by atoms with van der Waals surface area (Å²) in [5.74, 6) is -0.259. The van der Waals surface area contributed by atoms with Gasteiger partial charge in [-0.2, -0.15) is 0 Å². The lowest BCUT2D eigenvalue weighted by molar-refractivity contribution is -0.274. The van der Waals surface area contributed by atoms with Crippen LogP contribution in [0.3, 0.4) is 0 Å². The van der Waals surface area contributed by atoms with Crippen molar-refractivity contribution in [2.75, 3.05) is 0 Å². The predicted molar refractivity (Wildman–Crippen MR) is 77.0 cm³/mol. The topological polar surface area (TPSA) is 27.1 Å². The molecule has 0 amide bonds. The fraction of sp³-hybridized carbons (Fsp3) is 0.133. The summed E-state index contributed by atoms with van der Waals surface area (Å²) in [5, 5.41) is 0.281. The van der Waals surface area contributed by atoms with Crippen molar-refractivity contribution in [2.24, 2.45) is 0 Å². The first kappa shape index (κ1) is 14.7. The Morgan fingerprint density at radius 1 is 1.09 bits per heavy atom. The van der Waals surface area contributed by atoms with E-state index in [-0.39, 0.29) is 11.0 Å². The van der Waals surface area contributed by atoms with E-state index in [2.05, 4.69) is 9.72 Å². The number of aromatic nitrogens is 2. The van der Waals surface area contributed by atoms with Crippen molar-refractivity contribution in [1.82, 2.24) is 9.55 Å². The Morgan fingerprint density at radius 2 is 1.86 bits per heavy atom. The van der Waals surface area contributed by atoms with Crippen LogP contribution in [0.4, 0.5) is 13.2 Å². The quantitative estimate of drug-likeness (QED) is 0.701. The Labute approximate surface area is 128 Å². The number of fused-ring (bicyclic) bond motifs is 1. The standard InChI is InChI=1S/C15H10ClF3N2O/c16-14-20-12-6-1-2-7-13(12)21(14)9-10-4-3-5-11(8-10)22-15(17,18)19/h1-8H,9H2. The molecule has 0 spiro atoms. The molecule has 1 heterocycles. The second kappa shape index (κ2) is 5.53. The van der Waals surface area contributed by atoms with Gasteiger partial charge < -0.3 is 9.30 Å². The van der Waals surface area contributed by atoms with Crippen molar-refractivity contribution in [3.63, 3.8) is 0 Å². The summed E-state index contributed by atoms with van der Waals surface area (Å²) in [6.07, 6.45) is -4.71. The van der Waals surface area contributed by atoms with Gasteiger partial charge in [-0.05, 0) is 41.4 Å².